The standard InChI is InChI=1S/C19H30N4OS.HI/c1-4-14(2)18(24)23-16-8-5-7-15(11-16)12-21-19(20-3)22-13-17-9-6-10-25-17;/h5,7-8,11,14,17H,4,6,9-10,12-13H2,1-3H3,(H,23,24)(H2,20,21,22);1H. The van der Waals surface area contributed by atoms with Crippen LogP contribution in [0.3, 0.4) is 0 Å². The second-order valence-electron chi connectivity index (χ2n) is 6.44. The normalized spacial score (nSPS) is 18.0. The molecular formula is C19H31IN4OS. The second kappa shape index (κ2) is 12.4. The van der Waals surface area contributed by atoms with Crippen LogP contribution in [0.1, 0.15) is 38.7 Å². The molecule has 1 fully saturated rings. The molecule has 1 aromatic rings. The lowest BCUT2D eigenvalue weighted by molar-refractivity contribution is -0.119. The van der Waals surface area contributed by atoms with Gasteiger partial charge in [0.05, 0.1) is 0 Å². The van der Waals surface area contributed by atoms with Crippen LogP contribution in [0, 0.1) is 5.92 Å². The number of hydrogen-bond donors (Lipinski definition) is 3. The van der Waals surface area contributed by atoms with Crippen molar-refractivity contribution in [1.82, 2.24) is 10.6 Å². The van der Waals surface area contributed by atoms with Crippen molar-refractivity contribution in [2.45, 2.75) is 44.9 Å². The van der Waals surface area contributed by atoms with Crippen molar-refractivity contribution in [2.75, 3.05) is 24.7 Å². The largest absolute Gasteiger partial charge is 0.355 e. The van der Waals surface area contributed by atoms with Crippen molar-refractivity contribution < 1.29 is 4.79 Å². The summed E-state index contributed by atoms with van der Waals surface area (Å²) in [7, 11) is 1.79. The van der Waals surface area contributed by atoms with Gasteiger partial charge in [0.15, 0.2) is 5.96 Å². The number of carbonyl (C=O) groups excluding carboxylic acids is 1. The average molecular weight is 490 g/mol. The molecule has 2 atom stereocenters. The molecule has 146 valence electrons. The quantitative estimate of drug-likeness (QED) is 0.309. The summed E-state index contributed by atoms with van der Waals surface area (Å²) in [5.74, 6) is 2.19. The molecule has 7 heteroatoms. The van der Waals surface area contributed by atoms with Gasteiger partial charge in [-0.25, -0.2) is 0 Å². The molecule has 0 bridgehead atoms. The number of aliphatic imine (C=N–C) groups is 1. The van der Waals surface area contributed by atoms with E-state index in [1.54, 1.807) is 7.05 Å². The van der Waals surface area contributed by atoms with Crippen molar-refractivity contribution >= 4 is 53.3 Å². The summed E-state index contributed by atoms with van der Waals surface area (Å²) >= 11 is 2.04. The van der Waals surface area contributed by atoms with Gasteiger partial charge in [0.25, 0.3) is 0 Å². The third-order valence-electron chi connectivity index (χ3n) is 4.46. The maximum absolute atomic E-state index is 12.0. The third kappa shape index (κ3) is 7.73. The van der Waals surface area contributed by atoms with Gasteiger partial charge in [0, 0.05) is 37.0 Å². The summed E-state index contributed by atoms with van der Waals surface area (Å²) in [6.07, 6.45) is 3.44. The average Bonchev–Trinajstić information content (AvgIpc) is 3.15. The molecule has 0 aliphatic carbocycles. The van der Waals surface area contributed by atoms with E-state index >= 15 is 0 Å². The molecule has 0 saturated carbocycles. The van der Waals surface area contributed by atoms with Crippen molar-refractivity contribution in [1.29, 1.82) is 0 Å². The number of carbonyl (C=O) groups is 1. The zero-order valence-electron chi connectivity index (χ0n) is 15.9. The molecule has 0 aromatic heterocycles. The van der Waals surface area contributed by atoms with E-state index in [2.05, 4.69) is 20.9 Å². The molecule has 2 rings (SSSR count). The predicted octanol–water partition coefficient (Wildman–Crippen LogP) is 3.85. The topological polar surface area (TPSA) is 65.5 Å². The van der Waals surface area contributed by atoms with Gasteiger partial charge < -0.3 is 16.0 Å². The van der Waals surface area contributed by atoms with Gasteiger partial charge in [-0.15, -0.1) is 24.0 Å². The fraction of sp³-hybridized carbons (Fsp3) is 0.579. The second-order valence-corrected chi connectivity index (χ2v) is 7.85. The summed E-state index contributed by atoms with van der Waals surface area (Å²) in [5, 5.41) is 10.4. The van der Waals surface area contributed by atoms with E-state index in [1.165, 1.54) is 18.6 Å². The van der Waals surface area contributed by atoms with Crippen LogP contribution in [0.5, 0.6) is 0 Å². The minimum Gasteiger partial charge on any atom is -0.355 e. The van der Waals surface area contributed by atoms with E-state index in [1.807, 2.05) is 49.9 Å². The molecule has 26 heavy (non-hydrogen) atoms. The molecular weight excluding hydrogens is 459 g/mol. The molecule has 0 spiro atoms. The fourth-order valence-corrected chi connectivity index (χ4v) is 3.83. The Hall–Kier alpha value is -0.960. The Kier molecular flexibility index (Phi) is 11.0. The number of hydrogen-bond acceptors (Lipinski definition) is 3. The number of amides is 1. The summed E-state index contributed by atoms with van der Waals surface area (Å²) in [6, 6.07) is 7.95. The lowest BCUT2D eigenvalue weighted by atomic mass is 10.1. The summed E-state index contributed by atoms with van der Waals surface area (Å²) in [5.41, 5.74) is 1.95. The Balaban J connectivity index is 0.00000338. The van der Waals surface area contributed by atoms with E-state index in [0.717, 1.165) is 30.2 Å². The Morgan fingerprint density at radius 2 is 2.19 bits per heavy atom. The molecule has 0 radical (unpaired) electrons. The first-order valence-electron chi connectivity index (χ1n) is 9.08. The van der Waals surface area contributed by atoms with Gasteiger partial charge in [-0.1, -0.05) is 26.0 Å². The lowest BCUT2D eigenvalue weighted by Crippen LogP contribution is -2.39. The number of nitrogens with one attached hydrogen (secondary N) is 3. The Morgan fingerprint density at radius 3 is 2.85 bits per heavy atom. The number of guanidine groups is 1. The third-order valence-corrected chi connectivity index (χ3v) is 5.86. The number of halogens is 1. The Morgan fingerprint density at radius 1 is 1.38 bits per heavy atom. The molecule has 1 amide bonds. The number of benzene rings is 1. The van der Waals surface area contributed by atoms with Crippen LogP contribution in [0.25, 0.3) is 0 Å². The molecule has 1 saturated heterocycles. The van der Waals surface area contributed by atoms with Gasteiger partial charge >= 0.3 is 0 Å². The van der Waals surface area contributed by atoms with Gasteiger partial charge in [-0.2, -0.15) is 11.8 Å². The summed E-state index contributed by atoms with van der Waals surface area (Å²) < 4.78 is 0. The lowest BCUT2D eigenvalue weighted by Gasteiger charge is -2.15. The zero-order valence-corrected chi connectivity index (χ0v) is 19.0. The maximum atomic E-state index is 12.0. The smallest absolute Gasteiger partial charge is 0.227 e. The number of anilines is 1. The minimum absolute atomic E-state index is 0. The molecule has 3 N–H and O–H groups in total. The molecule has 5 nitrogen and oxygen atoms in total. The first-order chi connectivity index (χ1) is 12.1. The highest BCUT2D eigenvalue weighted by Gasteiger charge is 2.15. The van der Waals surface area contributed by atoms with E-state index in [-0.39, 0.29) is 35.8 Å². The highest BCUT2D eigenvalue weighted by Crippen LogP contribution is 2.25. The zero-order chi connectivity index (χ0) is 18.1. The highest BCUT2D eigenvalue weighted by molar-refractivity contribution is 14.0. The number of rotatable bonds is 7. The number of thioether (sulfide) groups is 1. The van der Waals surface area contributed by atoms with Gasteiger partial charge in [-0.3, -0.25) is 9.79 Å². The minimum atomic E-state index is 0. The van der Waals surface area contributed by atoms with Crippen LogP contribution in [-0.2, 0) is 11.3 Å². The maximum Gasteiger partial charge on any atom is 0.227 e. The highest BCUT2D eigenvalue weighted by atomic mass is 127. The van der Waals surface area contributed by atoms with E-state index in [9.17, 15) is 4.79 Å². The van der Waals surface area contributed by atoms with Crippen molar-refractivity contribution in [3.8, 4) is 0 Å². The Labute approximate surface area is 178 Å². The predicted molar refractivity (Wildman–Crippen MR) is 124 cm³/mol. The fourth-order valence-electron chi connectivity index (χ4n) is 2.63. The Bertz CT molecular complexity index is 591. The first-order valence-corrected chi connectivity index (χ1v) is 10.1. The van der Waals surface area contributed by atoms with Crippen LogP contribution in [0.4, 0.5) is 5.69 Å². The molecule has 2 unspecified atom stereocenters. The molecule has 1 heterocycles. The van der Waals surface area contributed by atoms with E-state index in [4.69, 9.17) is 0 Å². The summed E-state index contributed by atoms with van der Waals surface area (Å²) in [4.78, 5) is 16.3. The molecule has 1 aliphatic rings. The van der Waals surface area contributed by atoms with Gasteiger partial charge in [0.2, 0.25) is 5.91 Å². The van der Waals surface area contributed by atoms with Crippen molar-refractivity contribution in [3.63, 3.8) is 0 Å². The first kappa shape index (κ1) is 23.1. The molecule has 1 aromatic carbocycles. The van der Waals surface area contributed by atoms with Crippen molar-refractivity contribution in [2.24, 2.45) is 10.9 Å². The van der Waals surface area contributed by atoms with Crippen LogP contribution in [0.2, 0.25) is 0 Å². The number of nitrogens with zero attached hydrogens (tertiary/aromatic N) is 1. The van der Waals surface area contributed by atoms with Gasteiger partial charge in [0.1, 0.15) is 0 Å². The van der Waals surface area contributed by atoms with Crippen LogP contribution < -0.4 is 16.0 Å². The molecule has 1 aliphatic heterocycles. The summed E-state index contributed by atoms with van der Waals surface area (Å²) in [6.45, 7) is 5.59. The van der Waals surface area contributed by atoms with Crippen LogP contribution in [0.15, 0.2) is 29.3 Å². The van der Waals surface area contributed by atoms with Crippen LogP contribution in [-0.4, -0.2) is 36.5 Å². The van der Waals surface area contributed by atoms with E-state index < -0.39 is 0 Å². The van der Waals surface area contributed by atoms with Crippen molar-refractivity contribution in [3.05, 3.63) is 29.8 Å². The van der Waals surface area contributed by atoms with Gasteiger partial charge in [-0.05, 0) is 42.7 Å². The monoisotopic (exact) mass is 490 g/mol. The van der Waals surface area contributed by atoms with Crippen LogP contribution >= 0.6 is 35.7 Å². The van der Waals surface area contributed by atoms with E-state index in [0.29, 0.717) is 11.8 Å². The SMILES string of the molecule is CCC(C)C(=O)Nc1cccc(CNC(=NC)NCC2CCCS2)c1.I.